The molecule has 1 unspecified atom stereocenters. The molecule has 3 N–H and O–H groups in total. The second kappa shape index (κ2) is 5.11. The number of carbonyl (C=O) groups excluding carboxylic acids is 2. The molecule has 1 heterocycles. The van der Waals surface area contributed by atoms with E-state index in [9.17, 15) is 9.59 Å². The Morgan fingerprint density at radius 2 is 2.20 bits per heavy atom. The van der Waals surface area contributed by atoms with E-state index < -0.39 is 0 Å². The summed E-state index contributed by atoms with van der Waals surface area (Å²) in [6.45, 7) is 5.59. The summed E-state index contributed by atoms with van der Waals surface area (Å²) < 4.78 is 0. The molecule has 0 bridgehead atoms. The quantitative estimate of drug-likeness (QED) is 0.610. The van der Waals surface area contributed by atoms with Crippen LogP contribution in [0.2, 0.25) is 0 Å². The van der Waals surface area contributed by atoms with Crippen molar-refractivity contribution < 1.29 is 9.59 Å². The average molecular weight is 213 g/mol. The number of carbonyl (C=O) groups is 2. The number of hydrogen-bond donors (Lipinski definition) is 2. The van der Waals surface area contributed by atoms with Gasteiger partial charge in [-0.25, -0.2) is 0 Å². The molecule has 0 aliphatic carbocycles. The number of nitrogens with two attached hydrogens (primary N) is 1. The van der Waals surface area contributed by atoms with Gasteiger partial charge in [0.15, 0.2) is 0 Å². The molecule has 1 atom stereocenters. The van der Waals surface area contributed by atoms with E-state index in [-0.39, 0.29) is 24.3 Å². The second-order valence-corrected chi connectivity index (χ2v) is 4.22. The van der Waals surface area contributed by atoms with Crippen LogP contribution in [0.4, 0.5) is 0 Å². The summed E-state index contributed by atoms with van der Waals surface area (Å²) in [5.41, 5.74) is 5.43. The molecule has 1 aliphatic heterocycles. The van der Waals surface area contributed by atoms with E-state index in [0.717, 1.165) is 0 Å². The number of hydrogen-bond acceptors (Lipinski definition) is 3. The minimum absolute atomic E-state index is 0.0375. The van der Waals surface area contributed by atoms with Crippen molar-refractivity contribution in [2.45, 2.75) is 26.3 Å². The van der Waals surface area contributed by atoms with E-state index >= 15 is 0 Å². The van der Waals surface area contributed by atoms with Crippen LogP contribution in [-0.2, 0) is 9.59 Å². The molecule has 1 fully saturated rings. The normalized spacial score (nSPS) is 22.9. The summed E-state index contributed by atoms with van der Waals surface area (Å²) in [6.07, 6.45) is -0.0524. The van der Waals surface area contributed by atoms with Crippen LogP contribution in [-0.4, -0.2) is 42.4 Å². The third-order valence-corrected chi connectivity index (χ3v) is 2.63. The fourth-order valence-electron chi connectivity index (χ4n) is 1.64. The number of rotatable bonds is 3. The van der Waals surface area contributed by atoms with Gasteiger partial charge in [0.2, 0.25) is 11.8 Å². The number of nitrogens with one attached hydrogen (secondary N) is 1. The number of amides is 2. The van der Waals surface area contributed by atoms with Crippen LogP contribution in [0.1, 0.15) is 20.3 Å². The Morgan fingerprint density at radius 1 is 1.53 bits per heavy atom. The van der Waals surface area contributed by atoms with Gasteiger partial charge in [-0.05, 0) is 5.92 Å². The molecule has 1 rings (SSSR count). The van der Waals surface area contributed by atoms with Crippen LogP contribution in [0, 0.1) is 5.92 Å². The van der Waals surface area contributed by atoms with Crippen LogP contribution in [0.25, 0.3) is 0 Å². The lowest BCUT2D eigenvalue weighted by Gasteiger charge is -2.26. The molecule has 0 aromatic carbocycles. The minimum atomic E-state index is -0.182. The summed E-state index contributed by atoms with van der Waals surface area (Å²) in [6, 6.07) is 0.0375. The van der Waals surface area contributed by atoms with Crippen molar-refractivity contribution in [3.8, 4) is 0 Å². The van der Waals surface area contributed by atoms with E-state index in [1.54, 1.807) is 4.90 Å². The second-order valence-electron chi connectivity index (χ2n) is 4.22. The largest absolute Gasteiger partial charge is 0.351 e. The SMILES string of the molecule is CC(C)C1CN(CCN)C(=O)CC(=O)N1. The zero-order chi connectivity index (χ0) is 11.4. The molecule has 5 nitrogen and oxygen atoms in total. The van der Waals surface area contributed by atoms with Gasteiger partial charge in [0.1, 0.15) is 6.42 Å². The summed E-state index contributed by atoms with van der Waals surface area (Å²) in [4.78, 5) is 24.6. The van der Waals surface area contributed by atoms with Crippen molar-refractivity contribution >= 4 is 11.8 Å². The highest BCUT2D eigenvalue weighted by Crippen LogP contribution is 2.09. The summed E-state index contributed by atoms with van der Waals surface area (Å²) in [5, 5.41) is 2.85. The van der Waals surface area contributed by atoms with E-state index in [0.29, 0.717) is 25.6 Å². The summed E-state index contributed by atoms with van der Waals surface area (Å²) in [7, 11) is 0. The van der Waals surface area contributed by atoms with Gasteiger partial charge in [-0.3, -0.25) is 9.59 Å². The topological polar surface area (TPSA) is 75.4 Å². The lowest BCUT2D eigenvalue weighted by molar-refractivity contribution is -0.134. The maximum atomic E-state index is 11.6. The third-order valence-electron chi connectivity index (χ3n) is 2.63. The predicted octanol–water partition coefficient (Wildman–Crippen LogP) is -0.682. The van der Waals surface area contributed by atoms with Gasteiger partial charge >= 0.3 is 0 Å². The van der Waals surface area contributed by atoms with Gasteiger partial charge in [-0.2, -0.15) is 0 Å². The molecule has 0 saturated carbocycles. The van der Waals surface area contributed by atoms with Crippen LogP contribution >= 0.6 is 0 Å². The van der Waals surface area contributed by atoms with Gasteiger partial charge in [0, 0.05) is 25.7 Å². The Bertz CT molecular complexity index is 253. The zero-order valence-corrected chi connectivity index (χ0v) is 9.32. The molecule has 15 heavy (non-hydrogen) atoms. The summed E-state index contributed by atoms with van der Waals surface area (Å²) >= 11 is 0. The predicted molar refractivity (Wildman–Crippen MR) is 57.0 cm³/mol. The van der Waals surface area contributed by atoms with Crippen molar-refractivity contribution in [2.75, 3.05) is 19.6 Å². The third kappa shape index (κ3) is 3.20. The minimum Gasteiger partial charge on any atom is -0.351 e. The smallest absolute Gasteiger partial charge is 0.232 e. The highest BCUT2D eigenvalue weighted by molar-refractivity contribution is 5.97. The molecular formula is C10H19N3O2. The Balaban J connectivity index is 2.72. The maximum Gasteiger partial charge on any atom is 0.232 e. The molecule has 1 aliphatic rings. The molecule has 86 valence electrons. The maximum absolute atomic E-state index is 11.6. The number of nitrogens with zero attached hydrogens (tertiary/aromatic N) is 1. The lowest BCUT2D eigenvalue weighted by atomic mass is 10.0. The van der Waals surface area contributed by atoms with E-state index in [2.05, 4.69) is 5.32 Å². The fourth-order valence-corrected chi connectivity index (χ4v) is 1.64. The Kier molecular flexibility index (Phi) is 4.08. The fraction of sp³-hybridized carbons (Fsp3) is 0.800. The standard InChI is InChI=1S/C10H19N3O2/c1-7(2)8-6-13(4-3-11)10(15)5-9(14)12-8/h7-8H,3-6,11H2,1-2H3,(H,12,14). The molecule has 0 aromatic heterocycles. The van der Waals surface area contributed by atoms with Crippen molar-refractivity contribution in [2.24, 2.45) is 11.7 Å². The Morgan fingerprint density at radius 3 is 2.73 bits per heavy atom. The Labute approximate surface area is 90.0 Å². The van der Waals surface area contributed by atoms with Gasteiger partial charge in [0.25, 0.3) is 0 Å². The first-order chi connectivity index (χ1) is 7.04. The summed E-state index contributed by atoms with van der Waals surface area (Å²) in [5.74, 6) is 0.0134. The molecule has 1 saturated heterocycles. The first-order valence-electron chi connectivity index (χ1n) is 5.31. The molecular weight excluding hydrogens is 194 g/mol. The van der Waals surface area contributed by atoms with E-state index in [4.69, 9.17) is 5.73 Å². The highest BCUT2D eigenvalue weighted by Gasteiger charge is 2.28. The van der Waals surface area contributed by atoms with Gasteiger partial charge in [-0.1, -0.05) is 13.8 Å². The first kappa shape index (κ1) is 12.0. The van der Waals surface area contributed by atoms with Gasteiger partial charge < -0.3 is 16.0 Å². The van der Waals surface area contributed by atoms with Gasteiger partial charge in [-0.15, -0.1) is 0 Å². The van der Waals surface area contributed by atoms with Crippen molar-refractivity contribution in [1.82, 2.24) is 10.2 Å². The van der Waals surface area contributed by atoms with Crippen LogP contribution in [0.5, 0.6) is 0 Å². The van der Waals surface area contributed by atoms with Crippen LogP contribution < -0.4 is 11.1 Å². The van der Waals surface area contributed by atoms with E-state index in [1.807, 2.05) is 13.8 Å². The zero-order valence-electron chi connectivity index (χ0n) is 9.32. The molecule has 5 heteroatoms. The molecule has 0 spiro atoms. The molecule has 0 aromatic rings. The van der Waals surface area contributed by atoms with Crippen molar-refractivity contribution in [3.63, 3.8) is 0 Å². The van der Waals surface area contributed by atoms with Crippen LogP contribution in [0.3, 0.4) is 0 Å². The first-order valence-corrected chi connectivity index (χ1v) is 5.31. The Hall–Kier alpha value is -1.10. The highest BCUT2D eigenvalue weighted by atomic mass is 16.2. The van der Waals surface area contributed by atoms with Crippen molar-refractivity contribution in [3.05, 3.63) is 0 Å². The van der Waals surface area contributed by atoms with Crippen molar-refractivity contribution in [1.29, 1.82) is 0 Å². The van der Waals surface area contributed by atoms with Crippen LogP contribution in [0.15, 0.2) is 0 Å². The van der Waals surface area contributed by atoms with Gasteiger partial charge in [0.05, 0.1) is 0 Å². The molecule has 2 amide bonds. The molecule has 0 radical (unpaired) electrons. The monoisotopic (exact) mass is 213 g/mol. The lowest BCUT2D eigenvalue weighted by Crippen LogP contribution is -2.44. The average Bonchev–Trinajstić information content (AvgIpc) is 2.27. The van der Waals surface area contributed by atoms with E-state index in [1.165, 1.54) is 0 Å².